The molecular weight excluding hydrogens is 214 g/mol. The molecule has 1 N–H and O–H groups in total. The molecule has 16 heavy (non-hydrogen) atoms. The molecule has 2 heteroatoms. The Bertz CT molecular complexity index is 234. The maximum atomic E-state index is 3.87. The van der Waals surface area contributed by atoms with E-state index in [9.17, 15) is 0 Å². The number of thioether (sulfide) groups is 1. The zero-order valence-corrected chi connectivity index (χ0v) is 13.0. The van der Waals surface area contributed by atoms with Gasteiger partial charge in [0.1, 0.15) is 0 Å². The minimum absolute atomic E-state index is 0.345. The molecule has 0 saturated carbocycles. The average Bonchev–Trinajstić information content (AvgIpc) is 2.44. The predicted molar refractivity (Wildman–Crippen MR) is 75.8 cm³/mol. The highest BCUT2D eigenvalue weighted by atomic mass is 32.2. The zero-order chi connectivity index (χ0) is 12.7. The average molecular weight is 243 g/mol. The van der Waals surface area contributed by atoms with Crippen molar-refractivity contribution in [2.24, 2.45) is 16.7 Å². The van der Waals surface area contributed by atoms with Crippen molar-refractivity contribution in [3.63, 3.8) is 0 Å². The van der Waals surface area contributed by atoms with Gasteiger partial charge in [0.2, 0.25) is 0 Å². The smallest absolute Gasteiger partial charge is 0.0587 e. The molecule has 1 heterocycles. The minimum Gasteiger partial charge on any atom is -0.300 e. The topological polar surface area (TPSA) is 12.0 Å². The first kappa shape index (κ1) is 14.4. The molecule has 0 spiro atoms. The molecule has 1 fully saturated rings. The summed E-state index contributed by atoms with van der Waals surface area (Å²) >= 11 is 2.15. The first-order valence-electron chi connectivity index (χ1n) is 6.45. The Morgan fingerprint density at radius 2 is 1.44 bits per heavy atom. The van der Waals surface area contributed by atoms with Crippen LogP contribution in [0.4, 0.5) is 0 Å². The van der Waals surface area contributed by atoms with Crippen LogP contribution in [0.3, 0.4) is 0 Å². The van der Waals surface area contributed by atoms with Crippen LogP contribution in [0.2, 0.25) is 0 Å². The second kappa shape index (κ2) is 4.53. The van der Waals surface area contributed by atoms with Gasteiger partial charge in [-0.05, 0) is 16.7 Å². The van der Waals surface area contributed by atoms with Crippen molar-refractivity contribution in [2.75, 3.05) is 0 Å². The third kappa shape index (κ3) is 3.16. The highest BCUT2D eigenvalue weighted by Crippen LogP contribution is 2.45. The molecule has 0 radical (unpaired) electrons. The van der Waals surface area contributed by atoms with Crippen molar-refractivity contribution in [1.29, 1.82) is 0 Å². The van der Waals surface area contributed by atoms with E-state index in [1.54, 1.807) is 0 Å². The van der Waals surface area contributed by atoms with Crippen LogP contribution in [0, 0.1) is 16.7 Å². The van der Waals surface area contributed by atoms with Crippen molar-refractivity contribution < 1.29 is 0 Å². The lowest BCUT2D eigenvalue weighted by molar-refractivity contribution is 0.226. The summed E-state index contributed by atoms with van der Waals surface area (Å²) in [4.78, 5) is 0. The van der Waals surface area contributed by atoms with Crippen molar-refractivity contribution in [3.05, 3.63) is 0 Å². The van der Waals surface area contributed by atoms with E-state index in [1.165, 1.54) is 0 Å². The first-order chi connectivity index (χ1) is 7.03. The van der Waals surface area contributed by atoms with Crippen LogP contribution in [-0.2, 0) is 0 Å². The molecule has 1 saturated heterocycles. The molecule has 1 nitrogen and oxygen atoms in total. The molecule has 0 aromatic heterocycles. The zero-order valence-electron chi connectivity index (χ0n) is 12.2. The van der Waals surface area contributed by atoms with Crippen LogP contribution >= 0.6 is 11.8 Å². The van der Waals surface area contributed by atoms with Crippen molar-refractivity contribution in [3.8, 4) is 0 Å². The Kier molecular flexibility index (Phi) is 4.07. The molecule has 0 aliphatic carbocycles. The van der Waals surface area contributed by atoms with Crippen LogP contribution in [0.1, 0.15) is 55.4 Å². The summed E-state index contributed by atoms with van der Waals surface area (Å²) in [6.07, 6.45) is 0. The van der Waals surface area contributed by atoms with Crippen LogP contribution in [0.25, 0.3) is 0 Å². The molecule has 3 unspecified atom stereocenters. The molecule has 96 valence electrons. The van der Waals surface area contributed by atoms with Gasteiger partial charge in [0.25, 0.3) is 0 Å². The lowest BCUT2D eigenvalue weighted by Gasteiger charge is -2.34. The van der Waals surface area contributed by atoms with Gasteiger partial charge in [-0.25, -0.2) is 0 Å². The standard InChI is InChI=1S/C14H29NS/c1-9(2)10-11(13(3,4)5)15-12(16-10)14(6,7)8/h9-12,15H,1-8H3. The Labute approximate surface area is 106 Å². The van der Waals surface area contributed by atoms with E-state index in [0.29, 0.717) is 22.2 Å². The van der Waals surface area contributed by atoms with E-state index in [-0.39, 0.29) is 0 Å². The molecule has 0 aromatic rings. The van der Waals surface area contributed by atoms with E-state index in [0.717, 1.165) is 11.2 Å². The number of hydrogen-bond acceptors (Lipinski definition) is 2. The third-order valence-electron chi connectivity index (χ3n) is 3.33. The number of hydrogen-bond donors (Lipinski definition) is 1. The Balaban J connectivity index is 2.85. The van der Waals surface area contributed by atoms with Crippen LogP contribution in [0.5, 0.6) is 0 Å². The van der Waals surface area contributed by atoms with Crippen molar-refractivity contribution in [1.82, 2.24) is 5.32 Å². The largest absolute Gasteiger partial charge is 0.300 e. The SMILES string of the molecule is CC(C)C1SC(C(C)(C)C)NC1C(C)(C)C. The van der Waals surface area contributed by atoms with Gasteiger partial charge < -0.3 is 5.32 Å². The maximum absolute atomic E-state index is 3.87. The van der Waals surface area contributed by atoms with Gasteiger partial charge in [0.15, 0.2) is 0 Å². The minimum atomic E-state index is 0.345. The summed E-state index contributed by atoms with van der Waals surface area (Å²) in [5.74, 6) is 0.745. The molecule has 0 aromatic carbocycles. The normalized spacial score (nSPS) is 32.4. The maximum Gasteiger partial charge on any atom is 0.0587 e. The van der Waals surface area contributed by atoms with Crippen molar-refractivity contribution in [2.45, 2.75) is 72.1 Å². The van der Waals surface area contributed by atoms with Gasteiger partial charge in [-0.2, -0.15) is 0 Å². The summed E-state index contributed by atoms with van der Waals surface area (Å²) in [7, 11) is 0. The quantitative estimate of drug-likeness (QED) is 0.743. The highest BCUT2D eigenvalue weighted by molar-refractivity contribution is 8.00. The molecular formula is C14H29NS. The van der Waals surface area contributed by atoms with E-state index in [1.807, 2.05) is 0 Å². The molecule has 3 atom stereocenters. The van der Waals surface area contributed by atoms with E-state index < -0.39 is 0 Å². The molecule has 0 amide bonds. The Morgan fingerprint density at radius 3 is 1.69 bits per heavy atom. The lowest BCUT2D eigenvalue weighted by Crippen LogP contribution is -2.47. The molecule has 0 bridgehead atoms. The van der Waals surface area contributed by atoms with Crippen LogP contribution < -0.4 is 5.32 Å². The van der Waals surface area contributed by atoms with Crippen LogP contribution in [-0.4, -0.2) is 16.7 Å². The summed E-state index contributed by atoms with van der Waals surface area (Å²) in [5, 5.41) is 5.19. The second-order valence-corrected chi connectivity index (χ2v) is 8.89. The van der Waals surface area contributed by atoms with Gasteiger partial charge in [0, 0.05) is 11.3 Å². The Morgan fingerprint density at radius 1 is 0.938 bits per heavy atom. The molecule has 1 aliphatic rings. The van der Waals surface area contributed by atoms with Gasteiger partial charge in [-0.15, -0.1) is 11.8 Å². The molecule has 1 aliphatic heterocycles. The van der Waals surface area contributed by atoms with Gasteiger partial charge >= 0.3 is 0 Å². The molecule has 1 rings (SSSR count). The number of nitrogens with one attached hydrogen (secondary N) is 1. The Hall–Kier alpha value is 0.310. The van der Waals surface area contributed by atoms with E-state index in [4.69, 9.17) is 0 Å². The fourth-order valence-electron chi connectivity index (χ4n) is 2.27. The van der Waals surface area contributed by atoms with Gasteiger partial charge in [-0.3, -0.25) is 0 Å². The van der Waals surface area contributed by atoms with E-state index >= 15 is 0 Å². The van der Waals surface area contributed by atoms with Gasteiger partial charge in [0.05, 0.1) is 5.37 Å². The summed E-state index contributed by atoms with van der Waals surface area (Å²) in [5.41, 5.74) is 0.694. The summed E-state index contributed by atoms with van der Waals surface area (Å²) < 4.78 is 0. The third-order valence-corrected chi connectivity index (χ3v) is 5.58. The predicted octanol–water partition coefficient (Wildman–Crippen LogP) is 4.13. The van der Waals surface area contributed by atoms with E-state index in [2.05, 4.69) is 72.5 Å². The fraction of sp³-hybridized carbons (Fsp3) is 1.00. The highest BCUT2D eigenvalue weighted by Gasteiger charge is 2.45. The number of rotatable bonds is 1. The second-order valence-electron chi connectivity index (χ2n) is 7.60. The van der Waals surface area contributed by atoms with Crippen LogP contribution in [0.15, 0.2) is 0 Å². The lowest BCUT2D eigenvalue weighted by atomic mass is 9.81. The van der Waals surface area contributed by atoms with Gasteiger partial charge in [-0.1, -0.05) is 55.4 Å². The summed E-state index contributed by atoms with van der Waals surface area (Å²) in [6, 6.07) is 0.627. The van der Waals surface area contributed by atoms with Crippen molar-refractivity contribution >= 4 is 11.8 Å². The fourth-order valence-corrected chi connectivity index (χ4v) is 4.18. The monoisotopic (exact) mass is 243 g/mol. The first-order valence-corrected chi connectivity index (χ1v) is 7.39. The summed E-state index contributed by atoms with van der Waals surface area (Å²) in [6.45, 7) is 18.8.